The minimum absolute atomic E-state index is 0.00369. The third-order valence-corrected chi connectivity index (χ3v) is 6.24. The van der Waals surface area contributed by atoms with Gasteiger partial charge in [-0.1, -0.05) is 6.07 Å². The van der Waals surface area contributed by atoms with Crippen molar-refractivity contribution in [1.29, 1.82) is 0 Å². The van der Waals surface area contributed by atoms with Gasteiger partial charge in [-0.2, -0.15) is 4.99 Å². The van der Waals surface area contributed by atoms with Gasteiger partial charge < -0.3 is 18.8 Å². The highest BCUT2D eigenvalue weighted by atomic mass is 16.5. The molecule has 0 radical (unpaired) electrons. The number of amides is 1. The molecule has 1 aromatic carbocycles. The number of hydrogen-bond donors (Lipinski definition) is 0. The summed E-state index contributed by atoms with van der Waals surface area (Å²) in [6.45, 7) is 2.66. The fourth-order valence-corrected chi connectivity index (χ4v) is 4.42. The van der Waals surface area contributed by atoms with Crippen molar-refractivity contribution >= 4 is 28.6 Å². The number of fused-ring (bicyclic) bond motifs is 2. The van der Waals surface area contributed by atoms with Crippen LogP contribution >= 0.6 is 0 Å². The van der Waals surface area contributed by atoms with Gasteiger partial charge in [0.15, 0.2) is 5.49 Å². The van der Waals surface area contributed by atoms with Crippen molar-refractivity contribution in [3.05, 3.63) is 81.7 Å². The van der Waals surface area contributed by atoms with Crippen LogP contribution in [0.15, 0.2) is 64.5 Å². The number of hydrogen-bond acceptors (Lipinski definition) is 7. The Morgan fingerprint density at radius 3 is 2.70 bits per heavy atom. The number of carbonyl (C=O) groups is 2. The summed E-state index contributed by atoms with van der Waals surface area (Å²) in [5.41, 5.74) is 0.767. The summed E-state index contributed by atoms with van der Waals surface area (Å²) in [5.74, 6) is -0.657. The number of methoxy groups -OCH3 is 1. The summed E-state index contributed by atoms with van der Waals surface area (Å²) in [6, 6.07) is 13.1. The Hall–Kier alpha value is -4.31. The van der Waals surface area contributed by atoms with Crippen LogP contribution in [0.25, 0.3) is 16.7 Å². The number of ether oxygens (including phenoxy) is 3. The van der Waals surface area contributed by atoms with E-state index in [4.69, 9.17) is 19.2 Å². The predicted molar refractivity (Wildman–Crippen MR) is 135 cm³/mol. The van der Waals surface area contributed by atoms with Crippen LogP contribution in [0.2, 0.25) is 0 Å². The number of aromatic nitrogens is 3. The van der Waals surface area contributed by atoms with Crippen LogP contribution in [0.4, 0.5) is 0 Å². The Morgan fingerprint density at radius 2 is 2.00 bits per heavy atom. The van der Waals surface area contributed by atoms with Gasteiger partial charge in [-0.25, -0.2) is 9.78 Å². The molecule has 1 saturated heterocycles. The number of nitrogens with zero attached hydrogens (tertiary/aromatic N) is 4. The van der Waals surface area contributed by atoms with Gasteiger partial charge in [-0.3, -0.25) is 14.0 Å². The highest BCUT2D eigenvalue weighted by Crippen LogP contribution is 2.18. The molecule has 1 aliphatic rings. The molecule has 4 aromatic rings. The first kappa shape index (κ1) is 24.4. The molecule has 4 heterocycles. The summed E-state index contributed by atoms with van der Waals surface area (Å²) in [7, 11) is 1.54. The smallest absolute Gasteiger partial charge is 0.341 e. The van der Waals surface area contributed by atoms with Crippen LogP contribution in [-0.2, 0) is 16.0 Å². The van der Waals surface area contributed by atoms with E-state index in [0.717, 1.165) is 12.8 Å². The number of pyridine rings is 2. The standard InChI is InChI=1S/C27H26N4O6/c1-3-36-27(34)21-15-20-23(28-22-8-4-5-13-30(22)26(20)33)31(16-19-7-6-14-37-19)24(21)29-25(32)17-9-11-18(35-2)12-10-17/h4-5,8-13,15,19H,3,6-7,14,16H2,1-2H3. The van der Waals surface area contributed by atoms with Gasteiger partial charge in [0.2, 0.25) is 0 Å². The van der Waals surface area contributed by atoms with E-state index in [1.807, 2.05) is 0 Å². The van der Waals surface area contributed by atoms with E-state index in [-0.39, 0.29) is 41.3 Å². The summed E-state index contributed by atoms with van der Waals surface area (Å²) in [6.07, 6.45) is 3.10. The van der Waals surface area contributed by atoms with Crippen molar-refractivity contribution in [3.8, 4) is 5.75 Å². The maximum Gasteiger partial charge on any atom is 0.341 e. The third kappa shape index (κ3) is 4.75. The van der Waals surface area contributed by atoms with E-state index >= 15 is 0 Å². The zero-order valence-corrected chi connectivity index (χ0v) is 20.5. The van der Waals surface area contributed by atoms with Crippen molar-refractivity contribution in [2.45, 2.75) is 32.4 Å². The molecule has 0 bridgehead atoms. The predicted octanol–water partition coefficient (Wildman–Crippen LogP) is 2.75. The number of carbonyl (C=O) groups excluding carboxylic acids is 2. The molecule has 10 nitrogen and oxygen atoms in total. The fourth-order valence-electron chi connectivity index (χ4n) is 4.42. The third-order valence-electron chi connectivity index (χ3n) is 6.24. The Balaban J connectivity index is 1.82. The average Bonchev–Trinajstić information content (AvgIpc) is 3.43. The summed E-state index contributed by atoms with van der Waals surface area (Å²) in [4.78, 5) is 48.9. The van der Waals surface area contributed by atoms with E-state index in [1.165, 1.54) is 17.6 Å². The van der Waals surface area contributed by atoms with Crippen LogP contribution in [0.5, 0.6) is 5.75 Å². The molecule has 3 aromatic heterocycles. The molecule has 190 valence electrons. The molecule has 0 saturated carbocycles. The first-order valence-corrected chi connectivity index (χ1v) is 12.1. The lowest BCUT2D eigenvalue weighted by molar-refractivity contribution is 0.0521. The minimum atomic E-state index is -0.690. The molecule has 0 N–H and O–H groups in total. The van der Waals surface area contributed by atoms with Crippen LogP contribution in [0.1, 0.15) is 40.5 Å². The van der Waals surface area contributed by atoms with Crippen molar-refractivity contribution < 1.29 is 23.8 Å². The Morgan fingerprint density at radius 1 is 1.19 bits per heavy atom. The molecule has 1 aliphatic heterocycles. The van der Waals surface area contributed by atoms with Crippen LogP contribution in [-0.4, -0.2) is 52.3 Å². The van der Waals surface area contributed by atoms with Gasteiger partial charge in [0, 0.05) is 18.4 Å². The monoisotopic (exact) mass is 502 g/mol. The van der Waals surface area contributed by atoms with E-state index < -0.39 is 11.9 Å². The van der Waals surface area contributed by atoms with Gasteiger partial charge >= 0.3 is 5.97 Å². The van der Waals surface area contributed by atoms with E-state index in [9.17, 15) is 14.4 Å². The van der Waals surface area contributed by atoms with Crippen molar-refractivity contribution in [2.24, 2.45) is 4.99 Å². The molecule has 0 aliphatic carbocycles. The summed E-state index contributed by atoms with van der Waals surface area (Å²) >= 11 is 0. The number of benzene rings is 1. The molecular formula is C27H26N4O6. The molecule has 1 unspecified atom stereocenters. The van der Waals surface area contributed by atoms with Gasteiger partial charge in [-0.15, -0.1) is 0 Å². The van der Waals surface area contributed by atoms with E-state index in [1.54, 1.807) is 60.2 Å². The highest BCUT2D eigenvalue weighted by Gasteiger charge is 2.24. The molecule has 0 spiro atoms. The zero-order chi connectivity index (χ0) is 25.9. The Labute approximate surface area is 211 Å². The van der Waals surface area contributed by atoms with Gasteiger partial charge in [0.25, 0.3) is 11.5 Å². The molecule has 1 fully saturated rings. The van der Waals surface area contributed by atoms with Gasteiger partial charge in [0.1, 0.15) is 22.6 Å². The summed E-state index contributed by atoms with van der Waals surface area (Å²) < 4.78 is 19.4. The zero-order valence-electron chi connectivity index (χ0n) is 20.5. The lowest BCUT2D eigenvalue weighted by Crippen LogP contribution is -2.35. The second-order valence-corrected chi connectivity index (χ2v) is 8.58. The normalized spacial score (nSPS) is 15.8. The van der Waals surface area contributed by atoms with Crippen molar-refractivity contribution in [1.82, 2.24) is 14.0 Å². The molecule has 37 heavy (non-hydrogen) atoms. The second-order valence-electron chi connectivity index (χ2n) is 8.58. The molecule has 1 amide bonds. The lowest BCUT2D eigenvalue weighted by atomic mass is 10.1. The fraction of sp³-hybridized carbons (Fsp3) is 0.296. The molecule has 1 atom stereocenters. The molecule has 5 rings (SSSR count). The minimum Gasteiger partial charge on any atom is -0.497 e. The topological polar surface area (TPSA) is 113 Å². The lowest BCUT2D eigenvalue weighted by Gasteiger charge is -2.18. The largest absolute Gasteiger partial charge is 0.497 e. The van der Waals surface area contributed by atoms with E-state index in [0.29, 0.717) is 29.2 Å². The Kier molecular flexibility index (Phi) is 6.82. The van der Waals surface area contributed by atoms with Crippen LogP contribution < -0.4 is 15.8 Å². The van der Waals surface area contributed by atoms with Crippen LogP contribution in [0, 0.1) is 0 Å². The van der Waals surface area contributed by atoms with Crippen molar-refractivity contribution in [3.63, 3.8) is 0 Å². The highest BCUT2D eigenvalue weighted by molar-refractivity contribution is 5.97. The second kappa shape index (κ2) is 10.4. The first-order chi connectivity index (χ1) is 18.0. The summed E-state index contributed by atoms with van der Waals surface area (Å²) in [5, 5.41) is 0.209. The van der Waals surface area contributed by atoms with Crippen molar-refractivity contribution in [2.75, 3.05) is 20.3 Å². The first-order valence-electron chi connectivity index (χ1n) is 12.1. The SMILES string of the molecule is CCOC(=O)c1cc2c(=O)n3ccccc3nc2n(CC2CCCO2)c1=NC(=O)c1ccc(OC)cc1. The van der Waals surface area contributed by atoms with E-state index in [2.05, 4.69) is 4.99 Å². The maximum atomic E-state index is 13.4. The maximum absolute atomic E-state index is 13.4. The average molecular weight is 503 g/mol. The quantitative estimate of drug-likeness (QED) is 0.294. The number of esters is 1. The van der Waals surface area contributed by atoms with Gasteiger partial charge in [0.05, 0.1) is 31.8 Å². The molecular weight excluding hydrogens is 476 g/mol. The Bertz CT molecular complexity index is 1610. The van der Waals surface area contributed by atoms with Gasteiger partial charge in [-0.05, 0) is 62.2 Å². The van der Waals surface area contributed by atoms with Crippen LogP contribution in [0.3, 0.4) is 0 Å². The number of rotatable bonds is 6. The molecule has 10 heteroatoms.